The maximum Gasteiger partial charge on any atom is 0.0453 e. The molecular weight excluding hydrogens is 277 g/mol. The SMILES string of the molecule is NC(Cc1c(Cl)cccc1Cl)C1CCCCCCC1. The summed E-state index contributed by atoms with van der Waals surface area (Å²) in [6.07, 6.45) is 10.0. The van der Waals surface area contributed by atoms with Gasteiger partial charge in [-0.2, -0.15) is 0 Å². The van der Waals surface area contributed by atoms with Crippen LogP contribution in [0.4, 0.5) is 0 Å². The molecule has 0 amide bonds. The predicted molar refractivity (Wildman–Crippen MR) is 84.0 cm³/mol. The minimum absolute atomic E-state index is 0.176. The molecule has 0 aromatic heterocycles. The molecule has 2 N–H and O–H groups in total. The molecule has 0 radical (unpaired) electrons. The highest BCUT2D eigenvalue weighted by atomic mass is 35.5. The molecule has 2 rings (SSSR count). The summed E-state index contributed by atoms with van der Waals surface area (Å²) in [6.45, 7) is 0. The van der Waals surface area contributed by atoms with E-state index in [4.69, 9.17) is 28.9 Å². The van der Waals surface area contributed by atoms with Crippen LogP contribution in [0.2, 0.25) is 10.0 Å². The largest absolute Gasteiger partial charge is 0.327 e. The van der Waals surface area contributed by atoms with Crippen LogP contribution in [0.1, 0.15) is 50.5 Å². The van der Waals surface area contributed by atoms with Gasteiger partial charge in [-0.05, 0) is 42.9 Å². The summed E-state index contributed by atoms with van der Waals surface area (Å²) in [6, 6.07) is 5.85. The second kappa shape index (κ2) is 7.52. The quantitative estimate of drug-likeness (QED) is 0.813. The molecule has 3 heteroatoms. The van der Waals surface area contributed by atoms with Gasteiger partial charge < -0.3 is 5.73 Å². The molecule has 1 aliphatic rings. The van der Waals surface area contributed by atoms with Crippen molar-refractivity contribution in [1.82, 2.24) is 0 Å². The number of nitrogens with two attached hydrogens (primary N) is 1. The highest BCUT2D eigenvalue weighted by Gasteiger charge is 2.20. The molecule has 0 bridgehead atoms. The van der Waals surface area contributed by atoms with Crippen molar-refractivity contribution >= 4 is 23.2 Å². The van der Waals surface area contributed by atoms with E-state index < -0.39 is 0 Å². The van der Waals surface area contributed by atoms with E-state index in [0.717, 1.165) is 22.0 Å². The number of halogens is 2. The summed E-state index contributed by atoms with van der Waals surface area (Å²) >= 11 is 12.5. The lowest BCUT2D eigenvalue weighted by Gasteiger charge is -2.26. The fraction of sp³-hybridized carbons (Fsp3) is 0.625. The van der Waals surface area contributed by atoms with Gasteiger partial charge in [-0.1, -0.05) is 61.4 Å². The van der Waals surface area contributed by atoms with Crippen LogP contribution in [-0.4, -0.2) is 6.04 Å². The van der Waals surface area contributed by atoms with Gasteiger partial charge in [0, 0.05) is 16.1 Å². The van der Waals surface area contributed by atoms with Crippen LogP contribution in [0.5, 0.6) is 0 Å². The average Bonchev–Trinajstić information content (AvgIpc) is 2.33. The monoisotopic (exact) mass is 299 g/mol. The summed E-state index contributed by atoms with van der Waals surface area (Å²) in [7, 11) is 0. The van der Waals surface area contributed by atoms with Crippen LogP contribution in [0.15, 0.2) is 18.2 Å². The Labute approximate surface area is 126 Å². The van der Waals surface area contributed by atoms with Gasteiger partial charge >= 0.3 is 0 Å². The highest BCUT2D eigenvalue weighted by molar-refractivity contribution is 6.35. The van der Waals surface area contributed by atoms with Crippen molar-refractivity contribution in [3.05, 3.63) is 33.8 Å². The number of hydrogen-bond acceptors (Lipinski definition) is 1. The van der Waals surface area contributed by atoms with Gasteiger partial charge in [-0.15, -0.1) is 0 Å². The smallest absolute Gasteiger partial charge is 0.0453 e. The molecule has 0 saturated heterocycles. The molecule has 1 aromatic carbocycles. The summed E-state index contributed by atoms with van der Waals surface area (Å²) in [5, 5.41) is 1.49. The van der Waals surface area contributed by atoms with E-state index >= 15 is 0 Å². The molecule has 0 heterocycles. The van der Waals surface area contributed by atoms with Crippen LogP contribution in [0, 0.1) is 5.92 Å². The van der Waals surface area contributed by atoms with Crippen molar-refractivity contribution in [2.75, 3.05) is 0 Å². The van der Waals surface area contributed by atoms with Crippen molar-refractivity contribution in [3.8, 4) is 0 Å². The number of benzene rings is 1. The molecule has 1 atom stereocenters. The zero-order valence-electron chi connectivity index (χ0n) is 11.4. The van der Waals surface area contributed by atoms with Crippen molar-refractivity contribution in [3.63, 3.8) is 0 Å². The molecule has 1 fully saturated rings. The van der Waals surface area contributed by atoms with Crippen molar-refractivity contribution < 1.29 is 0 Å². The summed E-state index contributed by atoms with van der Waals surface area (Å²) in [4.78, 5) is 0. The maximum absolute atomic E-state index is 6.42. The van der Waals surface area contributed by atoms with Crippen LogP contribution < -0.4 is 5.73 Å². The first-order valence-corrected chi connectivity index (χ1v) is 8.12. The van der Waals surface area contributed by atoms with E-state index in [9.17, 15) is 0 Å². The van der Waals surface area contributed by atoms with Crippen LogP contribution in [-0.2, 0) is 6.42 Å². The lowest BCUT2D eigenvalue weighted by atomic mass is 9.84. The Balaban J connectivity index is 2.00. The van der Waals surface area contributed by atoms with Gasteiger partial charge in [0.2, 0.25) is 0 Å². The van der Waals surface area contributed by atoms with Gasteiger partial charge in [0.25, 0.3) is 0 Å². The number of rotatable bonds is 3. The topological polar surface area (TPSA) is 26.0 Å². The maximum atomic E-state index is 6.42. The minimum atomic E-state index is 0.176. The van der Waals surface area contributed by atoms with Crippen LogP contribution in [0.25, 0.3) is 0 Å². The molecule has 0 spiro atoms. The average molecular weight is 300 g/mol. The Morgan fingerprint density at radius 2 is 1.53 bits per heavy atom. The predicted octanol–water partition coefficient (Wildman–Crippen LogP) is 5.22. The minimum Gasteiger partial charge on any atom is -0.327 e. The van der Waals surface area contributed by atoms with Crippen LogP contribution >= 0.6 is 23.2 Å². The lowest BCUT2D eigenvalue weighted by molar-refractivity contribution is 0.322. The van der Waals surface area contributed by atoms with Crippen LogP contribution in [0.3, 0.4) is 0 Å². The van der Waals surface area contributed by atoms with Gasteiger partial charge in [0.05, 0.1) is 0 Å². The Bertz CT molecular complexity index is 377. The molecule has 1 unspecified atom stereocenters. The number of hydrogen-bond donors (Lipinski definition) is 1. The Hall–Kier alpha value is -0.240. The second-order valence-electron chi connectivity index (χ2n) is 5.67. The molecule has 106 valence electrons. The Morgan fingerprint density at radius 1 is 1.00 bits per heavy atom. The first kappa shape index (κ1) is 15.2. The molecular formula is C16H23Cl2N. The zero-order chi connectivity index (χ0) is 13.7. The fourth-order valence-corrected chi connectivity index (χ4v) is 3.60. The molecule has 19 heavy (non-hydrogen) atoms. The van der Waals surface area contributed by atoms with Crippen molar-refractivity contribution in [1.29, 1.82) is 0 Å². The second-order valence-corrected chi connectivity index (χ2v) is 6.49. The fourth-order valence-electron chi connectivity index (χ4n) is 3.05. The molecule has 1 aromatic rings. The third-order valence-corrected chi connectivity index (χ3v) is 4.97. The molecule has 1 aliphatic carbocycles. The molecule has 1 saturated carbocycles. The summed E-state index contributed by atoms with van der Waals surface area (Å²) in [5.41, 5.74) is 7.44. The molecule has 0 aliphatic heterocycles. The lowest BCUT2D eigenvalue weighted by Crippen LogP contribution is -2.33. The van der Waals surface area contributed by atoms with Gasteiger partial charge in [-0.3, -0.25) is 0 Å². The van der Waals surface area contributed by atoms with Gasteiger partial charge in [-0.25, -0.2) is 0 Å². The Kier molecular flexibility index (Phi) is 6.00. The van der Waals surface area contributed by atoms with Gasteiger partial charge in [0.15, 0.2) is 0 Å². The standard InChI is InChI=1S/C16H23Cl2N/c17-14-9-6-10-15(18)13(14)11-16(19)12-7-4-2-1-3-5-8-12/h6,9-10,12,16H,1-5,7-8,11,19H2. The van der Waals surface area contributed by atoms with Crippen molar-refractivity contribution in [2.24, 2.45) is 11.7 Å². The van der Waals surface area contributed by atoms with Crippen molar-refractivity contribution in [2.45, 2.75) is 57.4 Å². The Morgan fingerprint density at radius 3 is 2.11 bits per heavy atom. The third-order valence-electron chi connectivity index (χ3n) is 4.26. The summed E-state index contributed by atoms with van der Waals surface area (Å²) in [5.74, 6) is 0.618. The van der Waals surface area contributed by atoms with Gasteiger partial charge in [0.1, 0.15) is 0 Å². The van der Waals surface area contributed by atoms with E-state index in [1.165, 1.54) is 44.9 Å². The summed E-state index contributed by atoms with van der Waals surface area (Å²) < 4.78 is 0. The van der Waals surface area contributed by atoms with E-state index in [1.807, 2.05) is 18.2 Å². The van der Waals surface area contributed by atoms with E-state index in [2.05, 4.69) is 0 Å². The highest BCUT2D eigenvalue weighted by Crippen LogP contribution is 2.30. The first-order valence-electron chi connectivity index (χ1n) is 7.37. The molecule has 1 nitrogen and oxygen atoms in total. The van der Waals surface area contributed by atoms with E-state index in [-0.39, 0.29) is 6.04 Å². The van der Waals surface area contributed by atoms with E-state index in [1.54, 1.807) is 0 Å². The normalized spacial score (nSPS) is 19.7. The first-order chi connectivity index (χ1) is 9.18. The van der Waals surface area contributed by atoms with E-state index in [0.29, 0.717) is 5.92 Å². The third kappa shape index (κ3) is 4.37. The zero-order valence-corrected chi connectivity index (χ0v) is 12.9.